The summed E-state index contributed by atoms with van der Waals surface area (Å²) >= 11 is 0. The van der Waals surface area contributed by atoms with Crippen molar-refractivity contribution in [2.24, 2.45) is 5.41 Å². The summed E-state index contributed by atoms with van der Waals surface area (Å²) in [7, 11) is 0. The van der Waals surface area contributed by atoms with Gasteiger partial charge in [0.2, 0.25) is 0 Å². The van der Waals surface area contributed by atoms with Gasteiger partial charge in [-0.2, -0.15) is 0 Å². The average Bonchev–Trinajstić information content (AvgIpc) is 2.16. The van der Waals surface area contributed by atoms with E-state index in [9.17, 15) is 5.11 Å². The molecular formula is C15H24O. The van der Waals surface area contributed by atoms with Gasteiger partial charge in [0.1, 0.15) is 0 Å². The zero-order valence-electron chi connectivity index (χ0n) is 10.8. The fraction of sp³-hybridized carbons (Fsp3) is 0.600. The average molecular weight is 220 g/mol. The number of allylic oxidation sites excluding steroid dienone is 4. The van der Waals surface area contributed by atoms with Gasteiger partial charge in [-0.25, -0.2) is 0 Å². The molecule has 0 unspecified atom stereocenters. The van der Waals surface area contributed by atoms with Crippen molar-refractivity contribution in [3.63, 3.8) is 0 Å². The van der Waals surface area contributed by atoms with Crippen molar-refractivity contribution in [2.45, 2.75) is 52.6 Å². The van der Waals surface area contributed by atoms with Crippen LogP contribution in [0.25, 0.3) is 0 Å². The molecule has 1 heteroatoms. The lowest BCUT2D eigenvalue weighted by molar-refractivity contribution is 0.160. The Balaban J connectivity index is 2.82. The first-order valence-electron chi connectivity index (χ1n) is 6.10. The second-order valence-electron chi connectivity index (χ2n) is 5.56. The van der Waals surface area contributed by atoms with Gasteiger partial charge in [0, 0.05) is 0 Å². The van der Waals surface area contributed by atoms with E-state index in [0.717, 1.165) is 31.3 Å². The molecule has 0 spiro atoms. The predicted molar refractivity (Wildman–Crippen MR) is 70.3 cm³/mol. The van der Waals surface area contributed by atoms with E-state index >= 15 is 0 Å². The van der Waals surface area contributed by atoms with E-state index in [1.54, 1.807) is 0 Å². The third-order valence-electron chi connectivity index (χ3n) is 3.16. The Morgan fingerprint density at radius 1 is 1.44 bits per heavy atom. The first-order valence-corrected chi connectivity index (χ1v) is 6.10. The van der Waals surface area contributed by atoms with E-state index in [4.69, 9.17) is 0 Å². The van der Waals surface area contributed by atoms with Gasteiger partial charge in [0.15, 0.2) is 0 Å². The molecule has 0 heterocycles. The van der Waals surface area contributed by atoms with Crippen LogP contribution in [-0.2, 0) is 0 Å². The molecule has 1 N–H and O–H groups in total. The van der Waals surface area contributed by atoms with Crippen LogP contribution >= 0.6 is 0 Å². The van der Waals surface area contributed by atoms with Gasteiger partial charge < -0.3 is 5.11 Å². The van der Waals surface area contributed by atoms with Crippen molar-refractivity contribution in [1.29, 1.82) is 0 Å². The van der Waals surface area contributed by atoms with Crippen LogP contribution in [0.2, 0.25) is 0 Å². The fourth-order valence-electron chi connectivity index (χ4n) is 2.03. The first kappa shape index (κ1) is 13.2. The lowest BCUT2D eigenvalue weighted by Gasteiger charge is -2.24. The molecule has 1 nitrogen and oxygen atoms in total. The maximum absolute atomic E-state index is 10.0. The standard InChI is InChI=1S/C15H24O/c1-12-7-5-9-13(2)14(16)11-15(3,4)10-6-8-12/h6-7,10,14,16H,2,5,8-9,11H2,1,3-4H3/b10-6-,12-7-/t14-/m1/s1. The van der Waals surface area contributed by atoms with Crippen LogP contribution in [-0.4, -0.2) is 11.2 Å². The maximum atomic E-state index is 10.0. The second-order valence-corrected chi connectivity index (χ2v) is 5.56. The van der Waals surface area contributed by atoms with Gasteiger partial charge in [-0.05, 0) is 43.6 Å². The van der Waals surface area contributed by atoms with Crippen molar-refractivity contribution in [2.75, 3.05) is 0 Å². The van der Waals surface area contributed by atoms with Crippen LogP contribution < -0.4 is 0 Å². The quantitative estimate of drug-likeness (QED) is 0.612. The summed E-state index contributed by atoms with van der Waals surface area (Å²) in [4.78, 5) is 0. The van der Waals surface area contributed by atoms with Crippen LogP contribution in [0.3, 0.4) is 0 Å². The van der Waals surface area contributed by atoms with E-state index in [-0.39, 0.29) is 11.5 Å². The predicted octanol–water partition coefficient (Wildman–Crippen LogP) is 4.01. The molecular weight excluding hydrogens is 196 g/mol. The highest BCUT2D eigenvalue weighted by molar-refractivity contribution is 5.12. The Bertz CT molecular complexity index is 307. The lowest BCUT2D eigenvalue weighted by Crippen LogP contribution is -2.20. The van der Waals surface area contributed by atoms with Crippen LogP contribution in [0.5, 0.6) is 0 Å². The molecule has 1 rings (SSSR count). The highest BCUT2D eigenvalue weighted by Gasteiger charge is 2.20. The minimum Gasteiger partial charge on any atom is -0.389 e. The van der Waals surface area contributed by atoms with Gasteiger partial charge in [0.25, 0.3) is 0 Å². The van der Waals surface area contributed by atoms with Crippen molar-refractivity contribution in [3.05, 3.63) is 36.0 Å². The Morgan fingerprint density at radius 2 is 2.12 bits per heavy atom. The molecule has 0 saturated heterocycles. The van der Waals surface area contributed by atoms with Crippen LogP contribution in [0, 0.1) is 5.41 Å². The molecule has 0 saturated carbocycles. The molecule has 1 atom stereocenters. The Hall–Kier alpha value is -0.820. The molecule has 0 aromatic rings. The van der Waals surface area contributed by atoms with Gasteiger partial charge in [-0.1, -0.05) is 44.2 Å². The monoisotopic (exact) mass is 220 g/mol. The maximum Gasteiger partial charge on any atom is 0.0755 e. The SMILES string of the molecule is C=C1CC/C=C(/C)C/C=C\C(C)(C)C[C@H]1O. The molecule has 0 bridgehead atoms. The van der Waals surface area contributed by atoms with E-state index in [1.165, 1.54) is 5.57 Å². The topological polar surface area (TPSA) is 20.2 Å². The molecule has 16 heavy (non-hydrogen) atoms. The molecule has 0 radical (unpaired) electrons. The molecule has 0 aromatic heterocycles. The van der Waals surface area contributed by atoms with Crippen molar-refractivity contribution < 1.29 is 5.11 Å². The van der Waals surface area contributed by atoms with Gasteiger partial charge in [0.05, 0.1) is 6.10 Å². The van der Waals surface area contributed by atoms with Gasteiger partial charge in [-0.15, -0.1) is 0 Å². The molecule has 90 valence electrons. The molecule has 0 aliphatic heterocycles. The summed E-state index contributed by atoms with van der Waals surface area (Å²) in [5.74, 6) is 0. The fourth-order valence-corrected chi connectivity index (χ4v) is 2.03. The van der Waals surface area contributed by atoms with Crippen molar-refractivity contribution in [1.82, 2.24) is 0 Å². The molecule has 0 fully saturated rings. The summed E-state index contributed by atoms with van der Waals surface area (Å²) in [6.07, 6.45) is 9.99. The summed E-state index contributed by atoms with van der Waals surface area (Å²) in [5, 5.41) is 10.0. The summed E-state index contributed by atoms with van der Waals surface area (Å²) < 4.78 is 0. The highest BCUT2D eigenvalue weighted by Crippen LogP contribution is 2.28. The third-order valence-corrected chi connectivity index (χ3v) is 3.16. The summed E-state index contributed by atoms with van der Waals surface area (Å²) in [5.41, 5.74) is 2.41. The number of aliphatic hydroxyl groups excluding tert-OH is 1. The summed E-state index contributed by atoms with van der Waals surface area (Å²) in [6.45, 7) is 10.5. The Labute approximate surface area is 99.6 Å². The molecule has 1 aliphatic carbocycles. The second kappa shape index (κ2) is 5.49. The minimum absolute atomic E-state index is 0.0486. The molecule has 0 amide bonds. The minimum atomic E-state index is -0.369. The zero-order chi connectivity index (χ0) is 12.2. The largest absolute Gasteiger partial charge is 0.389 e. The van der Waals surface area contributed by atoms with E-state index in [0.29, 0.717) is 0 Å². The summed E-state index contributed by atoms with van der Waals surface area (Å²) in [6, 6.07) is 0. The van der Waals surface area contributed by atoms with Crippen LogP contribution in [0.4, 0.5) is 0 Å². The Morgan fingerprint density at radius 3 is 2.81 bits per heavy atom. The third kappa shape index (κ3) is 4.36. The number of hydrogen-bond donors (Lipinski definition) is 1. The number of aliphatic hydroxyl groups is 1. The van der Waals surface area contributed by atoms with Gasteiger partial charge >= 0.3 is 0 Å². The van der Waals surface area contributed by atoms with Crippen LogP contribution in [0.1, 0.15) is 46.5 Å². The van der Waals surface area contributed by atoms with Crippen LogP contribution in [0.15, 0.2) is 36.0 Å². The smallest absolute Gasteiger partial charge is 0.0755 e. The lowest BCUT2D eigenvalue weighted by atomic mass is 9.84. The van der Waals surface area contributed by atoms with Crippen molar-refractivity contribution >= 4 is 0 Å². The van der Waals surface area contributed by atoms with Crippen molar-refractivity contribution in [3.8, 4) is 0 Å². The Kier molecular flexibility index (Phi) is 4.55. The van der Waals surface area contributed by atoms with Gasteiger partial charge in [-0.3, -0.25) is 0 Å². The normalized spacial score (nSPS) is 32.4. The first-order chi connectivity index (χ1) is 7.41. The van der Waals surface area contributed by atoms with E-state index < -0.39 is 0 Å². The highest BCUT2D eigenvalue weighted by atomic mass is 16.3. The molecule has 1 aliphatic rings. The number of hydrogen-bond acceptors (Lipinski definition) is 1. The van der Waals surface area contributed by atoms with E-state index in [2.05, 4.69) is 45.6 Å². The number of rotatable bonds is 0. The zero-order valence-corrected chi connectivity index (χ0v) is 10.8. The molecule has 0 aromatic carbocycles. The van der Waals surface area contributed by atoms with E-state index in [1.807, 2.05) is 0 Å².